The lowest BCUT2D eigenvalue weighted by Gasteiger charge is -2.38. The van der Waals surface area contributed by atoms with Crippen molar-refractivity contribution in [3.8, 4) is 0 Å². The Morgan fingerprint density at radius 1 is 0.962 bits per heavy atom. The third-order valence-corrected chi connectivity index (χ3v) is 6.03. The fraction of sp³-hybridized carbons (Fsp3) is 0.455. The standard InChI is InChI=1S/C22H27N3O/c1-18-3-2-4-20(15-18)17-25-14-9-22(21(25)26)7-12-24(13-8-22)16-19-5-10-23-11-6-19/h2-6,10-11,15H,7-9,12-14,16-17H2,1H3. The van der Waals surface area contributed by atoms with Gasteiger partial charge in [0.15, 0.2) is 0 Å². The largest absolute Gasteiger partial charge is 0.338 e. The van der Waals surface area contributed by atoms with Gasteiger partial charge in [-0.3, -0.25) is 14.7 Å². The number of benzene rings is 1. The smallest absolute Gasteiger partial charge is 0.229 e. The number of aromatic nitrogens is 1. The zero-order valence-electron chi connectivity index (χ0n) is 15.5. The van der Waals surface area contributed by atoms with Crippen LogP contribution in [0.5, 0.6) is 0 Å². The van der Waals surface area contributed by atoms with Crippen LogP contribution < -0.4 is 0 Å². The molecule has 0 N–H and O–H groups in total. The van der Waals surface area contributed by atoms with Gasteiger partial charge in [0.2, 0.25) is 5.91 Å². The number of hydrogen-bond donors (Lipinski definition) is 0. The minimum Gasteiger partial charge on any atom is -0.338 e. The van der Waals surface area contributed by atoms with E-state index in [1.807, 2.05) is 12.4 Å². The van der Waals surface area contributed by atoms with E-state index in [0.29, 0.717) is 5.91 Å². The summed E-state index contributed by atoms with van der Waals surface area (Å²) in [4.78, 5) is 21.8. The normalized spacial score (nSPS) is 20.0. The Bertz CT molecular complexity index is 766. The minimum absolute atomic E-state index is 0.113. The number of aryl methyl sites for hydroxylation is 1. The van der Waals surface area contributed by atoms with Gasteiger partial charge in [0.1, 0.15) is 0 Å². The number of piperidine rings is 1. The maximum atomic E-state index is 13.1. The van der Waals surface area contributed by atoms with E-state index in [1.165, 1.54) is 16.7 Å². The van der Waals surface area contributed by atoms with E-state index in [1.54, 1.807) is 0 Å². The number of rotatable bonds is 4. The molecular weight excluding hydrogens is 322 g/mol. The molecule has 136 valence electrons. The van der Waals surface area contributed by atoms with Crippen molar-refractivity contribution in [3.63, 3.8) is 0 Å². The molecule has 2 saturated heterocycles. The van der Waals surface area contributed by atoms with Crippen LogP contribution in [0, 0.1) is 12.3 Å². The van der Waals surface area contributed by atoms with Crippen LogP contribution in [0.1, 0.15) is 36.0 Å². The first-order chi connectivity index (χ1) is 12.6. The van der Waals surface area contributed by atoms with Gasteiger partial charge in [-0.25, -0.2) is 0 Å². The number of hydrogen-bond acceptors (Lipinski definition) is 3. The molecule has 1 aromatic carbocycles. The van der Waals surface area contributed by atoms with Crippen LogP contribution in [-0.2, 0) is 17.9 Å². The Kier molecular flexibility index (Phi) is 4.77. The summed E-state index contributed by atoms with van der Waals surface area (Å²) in [5.41, 5.74) is 3.69. The number of amides is 1. The Balaban J connectivity index is 1.36. The average Bonchev–Trinajstić information content (AvgIpc) is 2.94. The Labute approximate surface area is 155 Å². The topological polar surface area (TPSA) is 36.4 Å². The van der Waals surface area contributed by atoms with E-state index in [2.05, 4.69) is 58.1 Å². The molecule has 0 radical (unpaired) electrons. The number of carbonyl (C=O) groups is 1. The fourth-order valence-electron chi connectivity index (χ4n) is 4.42. The van der Waals surface area contributed by atoms with Crippen LogP contribution in [-0.4, -0.2) is 40.3 Å². The van der Waals surface area contributed by atoms with Crippen LogP contribution in [0.15, 0.2) is 48.8 Å². The van der Waals surface area contributed by atoms with Gasteiger partial charge < -0.3 is 4.90 Å². The second kappa shape index (κ2) is 7.20. The molecule has 4 heteroatoms. The van der Waals surface area contributed by atoms with Gasteiger partial charge in [0.25, 0.3) is 0 Å². The van der Waals surface area contributed by atoms with E-state index < -0.39 is 0 Å². The summed E-state index contributed by atoms with van der Waals surface area (Å²) in [5, 5.41) is 0. The highest BCUT2D eigenvalue weighted by Gasteiger charge is 2.47. The average molecular weight is 349 g/mol. The summed E-state index contributed by atoms with van der Waals surface area (Å²) in [7, 11) is 0. The van der Waals surface area contributed by atoms with E-state index in [-0.39, 0.29) is 5.41 Å². The molecule has 2 aromatic rings. The summed E-state index contributed by atoms with van der Waals surface area (Å²) in [5.74, 6) is 0.377. The van der Waals surface area contributed by atoms with Crippen molar-refractivity contribution in [1.82, 2.24) is 14.8 Å². The monoisotopic (exact) mass is 349 g/mol. The molecule has 2 aliphatic rings. The molecule has 0 atom stereocenters. The van der Waals surface area contributed by atoms with Crippen molar-refractivity contribution in [2.75, 3.05) is 19.6 Å². The van der Waals surface area contributed by atoms with Crippen LogP contribution in [0.4, 0.5) is 0 Å². The van der Waals surface area contributed by atoms with Gasteiger partial charge in [0.05, 0.1) is 5.41 Å². The van der Waals surface area contributed by atoms with Crippen molar-refractivity contribution in [1.29, 1.82) is 0 Å². The fourth-order valence-corrected chi connectivity index (χ4v) is 4.42. The zero-order chi connectivity index (χ0) is 18.0. The van der Waals surface area contributed by atoms with Crippen molar-refractivity contribution in [2.45, 2.75) is 39.3 Å². The lowest BCUT2D eigenvalue weighted by Crippen LogP contribution is -2.44. The van der Waals surface area contributed by atoms with Crippen molar-refractivity contribution >= 4 is 5.91 Å². The minimum atomic E-state index is -0.113. The Morgan fingerprint density at radius 2 is 1.69 bits per heavy atom. The van der Waals surface area contributed by atoms with E-state index in [0.717, 1.165) is 52.0 Å². The Morgan fingerprint density at radius 3 is 2.42 bits per heavy atom. The molecule has 4 rings (SSSR count). The first-order valence-corrected chi connectivity index (χ1v) is 9.61. The predicted molar refractivity (Wildman–Crippen MR) is 102 cm³/mol. The highest BCUT2D eigenvalue weighted by molar-refractivity contribution is 5.85. The number of pyridine rings is 1. The summed E-state index contributed by atoms with van der Waals surface area (Å²) >= 11 is 0. The SMILES string of the molecule is Cc1cccc(CN2CCC3(CCN(Cc4ccncc4)CC3)C2=O)c1. The highest BCUT2D eigenvalue weighted by atomic mass is 16.2. The van der Waals surface area contributed by atoms with E-state index in [9.17, 15) is 4.79 Å². The van der Waals surface area contributed by atoms with Crippen LogP contribution in [0.3, 0.4) is 0 Å². The Hall–Kier alpha value is -2.20. The van der Waals surface area contributed by atoms with Gasteiger partial charge in [-0.05, 0) is 62.5 Å². The molecule has 0 unspecified atom stereocenters. The second-order valence-corrected chi connectivity index (χ2v) is 7.88. The third kappa shape index (κ3) is 3.51. The molecule has 0 bridgehead atoms. The lowest BCUT2D eigenvalue weighted by atomic mass is 9.77. The lowest BCUT2D eigenvalue weighted by molar-refractivity contribution is -0.138. The quantitative estimate of drug-likeness (QED) is 0.849. The molecule has 2 fully saturated rings. The van der Waals surface area contributed by atoms with Gasteiger partial charge in [-0.2, -0.15) is 0 Å². The summed E-state index contributed by atoms with van der Waals surface area (Å²) in [6, 6.07) is 12.7. The zero-order valence-corrected chi connectivity index (χ0v) is 15.5. The molecule has 1 spiro atoms. The summed E-state index contributed by atoms with van der Waals surface area (Å²) < 4.78 is 0. The first-order valence-electron chi connectivity index (χ1n) is 9.61. The molecule has 3 heterocycles. The predicted octanol–water partition coefficient (Wildman–Crippen LogP) is 3.40. The van der Waals surface area contributed by atoms with Gasteiger partial charge in [-0.1, -0.05) is 29.8 Å². The van der Waals surface area contributed by atoms with Crippen molar-refractivity contribution < 1.29 is 4.79 Å². The molecule has 0 saturated carbocycles. The van der Waals surface area contributed by atoms with Crippen LogP contribution >= 0.6 is 0 Å². The number of carbonyl (C=O) groups excluding carboxylic acids is 1. The van der Waals surface area contributed by atoms with E-state index >= 15 is 0 Å². The van der Waals surface area contributed by atoms with Gasteiger partial charge >= 0.3 is 0 Å². The third-order valence-electron chi connectivity index (χ3n) is 6.03. The first kappa shape index (κ1) is 17.2. The maximum Gasteiger partial charge on any atom is 0.229 e. The second-order valence-electron chi connectivity index (χ2n) is 7.88. The van der Waals surface area contributed by atoms with Gasteiger partial charge in [0, 0.05) is 32.0 Å². The molecule has 1 amide bonds. The van der Waals surface area contributed by atoms with Crippen molar-refractivity contribution in [3.05, 3.63) is 65.5 Å². The number of likely N-dealkylation sites (tertiary alicyclic amines) is 2. The van der Waals surface area contributed by atoms with Crippen LogP contribution in [0.2, 0.25) is 0 Å². The van der Waals surface area contributed by atoms with Crippen LogP contribution in [0.25, 0.3) is 0 Å². The molecule has 1 aromatic heterocycles. The number of nitrogens with zero attached hydrogens (tertiary/aromatic N) is 3. The highest BCUT2D eigenvalue weighted by Crippen LogP contribution is 2.42. The molecule has 26 heavy (non-hydrogen) atoms. The summed E-state index contributed by atoms with van der Waals surface area (Å²) in [6.07, 6.45) is 6.69. The van der Waals surface area contributed by atoms with Crippen molar-refractivity contribution in [2.24, 2.45) is 5.41 Å². The van der Waals surface area contributed by atoms with Gasteiger partial charge in [-0.15, -0.1) is 0 Å². The van der Waals surface area contributed by atoms with E-state index in [4.69, 9.17) is 0 Å². The maximum absolute atomic E-state index is 13.1. The molecular formula is C22H27N3O. The molecule has 2 aliphatic heterocycles. The summed E-state index contributed by atoms with van der Waals surface area (Å²) in [6.45, 7) is 6.73. The molecule has 4 nitrogen and oxygen atoms in total. The molecule has 0 aliphatic carbocycles.